The molecule has 2 rings (SSSR count). The first-order valence-electron chi connectivity index (χ1n) is 9.61. The van der Waals surface area contributed by atoms with E-state index in [0.29, 0.717) is 35.4 Å². The fraction of sp³-hybridized carbons (Fsp3) is 0.381. The Morgan fingerprint density at radius 2 is 1.73 bits per heavy atom. The first-order chi connectivity index (χ1) is 14.1. The van der Waals surface area contributed by atoms with Crippen LogP contribution in [0.4, 0.5) is 5.69 Å². The molecule has 0 atom stereocenters. The van der Waals surface area contributed by atoms with Crippen LogP contribution in [-0.2, 0) is 21.4 Å². The molecule has 2 aromatic carbocycles. The number of nitrogens with zero attached hydrogens (tertiary/aromatic N) is 2. The monoisotopic (exact) mass is 471 g/mol. The zero-order chi connectivity index (χ0) is 22.5. The summed E-state index contributed by atoms with van der Waals surface area (Å²) >= 11 is 12.1. The number of sulfonamides is 1. The van der Waals surface area contributed by atoms with E-state index in [9.17, 15) is 13.2 Å². The summed E-state index contributed by atoms with van der Waals surface area (Å²) in [5.74, 6) is -0.247. The Bertz CT molecular complexity index is 1010. The predicted octanol–water partition coefficient (Wildman–Crippen LogP) is 4.40. The van der Waals surface area contributed by atoms with Gasteiger partial charge in [0.15, 0.2) is 0 Å². The van der Waals surface area contributed by atoms with Gasteiger partial charge in [-0.25, -0.2) is 8.42 Å². The fourth-order valence-corrected chi connectivity index (χ4v) is 4.99. The van der Waals surface area contributed by atoms with Gasteiger partial charge in [-0.1, -0.05) is 49.2 Å². The first-order valence-corrected chi connectivity index (χ1v) is 11.8. The van der Waals surface area contributed by atoms with Crippen molar-refractivity contribution in [3.63, 3.8) is 0 Å². The Kier molecular flexibility index (Phi) is 8.70. The van der Waals surface area contributed by atoms with Crippen LogP contribution in [0.2, 0.25) is 10.0 Å². The minimum atomic E-state index is -3.60. The average Bonchev–Trinajstić information content (AvgIpc) is 2.66. The summed E-state index contributed by atoms with van der Waals surface area (Å²) in [5.41, 5.74) is 2.12. The van der Waals surface area contributed by atoms with Gasteiger partial charge in [0, 0.05) is 35.4 Å². The van der Waals surface area contributed by atoms with Crippen LogP contribution in [0.15, 0.2) is 41.3 Å². The van der Waals surface area contributed by atoms with Crippen molar-refractivity contribution in [1.82, 2.24) is 9.21 Å². The molecule has 0 unspecified atom stereocenters. The topological polar surface area (TPSA) is 69.7 Å². The van der Waals surface area contributed by atoms with Gasteiger partial charge >= 0.3 is 0 Å². The molecule has 9 heteroatoms. The number of halogens is 2. The Morgan fingerprint density at radius 3 is 2.33 bits per heavy atom. The van der Waals surface area contributed by atoms with Crippen LogP contribution in [0, 0.1) is 6.92 Å². The maximum atomic E-state index is 12.8. The highest BCUT2D eigenvalue weighted by atomic mass is 35.5. The standard InChI is InChI=1S/C21H27Cl2N3O3S/c1-5-26(6-2)30(28,29)18-10-7-15(3)20(12-18)24-21(27)14-25(4)13-16-8-9-17(22)11-19(16)23/h7-12H,5-6,13-14H2,1-4H3,(H,24,27). The molecule has 6 nitrogen and oxygen atoms in total. The van der Waals surface area contributed by atoms with Gasteiger partial charge in [0.2, 0.25) is 15.9 Å². The molecule has 0 aliphatic carbocycles. The van der Waals surface area contributed by atoms with Gasteiger partial charge < -0.3 is 5.32 Å². The average molecular weight is 472 g/mol. The largest absolute Gasteiger partial charge is 0.325 e. The third kappa shape index (κ3) is 6.18. The number of aryl methyl sites for hydroxylation is 1. The highest BCUT2D eigenvalue weighted by Crippen LogP contribution is 2.24. The van der Waals surface area contributed by atoms with E-state index in [1.807, 2.05) is 17.9 Å². The number of nitrogens with one attached hydrogen (secondary N) is 1. The maximum absolute atomic E-state index is 12.8. The van der Waals surface area contributed by atoms with Crippen molar-refractivity contribution in [2.24, 2.45) is 0 Å². The molecule has 1 N–H and O–H groups in total. The van der Waals surface area contributed by atoms with E-state index in [-0.39, 0.29) is 17.3 Å². The van der Waals surface area contributed by atoms with E-state index >= 15 is 0 Å². The molecule has 2 aromatic rings. The lowest BCUT2D eigenvalue weighted by molar-refractivity contribution is -0.117. The van der Waals surface area contributed by atoms with Crippen molar-refractivity contribution in [2.75, 3.05) is 32.0 Å². The van der Waals surface area contributed by atoms with Crippen LogP contribution < -0.4 is 5.32 Å². The van der Waals surface area contributed by atoms with Gasteiger partial charge in [-0.3, -0.25) is 9.69 Å². The molecule has 0 radical (unpaired) electrons. The quantitative estimate of drug-likeness (QED) is 0.587. The lowest BCUT2D eigenvalue weighted by Gasteiger charge is -2.20. The van der Waals surface area contributed by atoms with E-state index in [2.05, 4.69) is 5.32 Å². The third-order valence-electron chi connectivity index (χ3n) is 4.70. The van der Waals surface area contributed by atoms with Crippen molar-refractivity contribution >= 4 is 44.8 Å². The fourth-order valence-electron chi connectivity index (χ4n) is 3.04. The summed E-state index contributed by atoms with van der Waals surface area (Å²) < 4.78 is 26.9. The Balaban J connectivity index is 2.11. The summed E-state index contributed by atoms with van der Waals surface area (Å²) in [6.07, 6.45) is 0. The molecule has 0 saturated heterocycles. The number of hydrogen-bond acceptors (Lipinski definition) is 4. The Labute approximate surface area is 188 Å². The molecule has 0 saturated carbocycles. The number of rotatable bonds is 9. The summed E-state index contributed by atoms with van der Waals surface area (Å²) in [6.45, 7) is 6.76. The number of benzene rings is 2. The number of anilines is 1. The minimum Gasteiger partial charge on any atom is -0.325 e. The molecule has 0 heterocycles. The van der Waals surface area contributed by atoms with Crippen LogP contribution >= 0.6 is 23.2 Å². The number of amides is 1. The van der Waals surface area contributed by atoms with E-state index < -0.39 is 10.0 Å². The molecule has 1 amide bonds. The highest BCUT2D eigenvalue weighted by Gasteiger charge is 2.22. The second kappa shape index (κ2) is 10.6. The minimum absolute atomic E-state index is 0.116. The van der Waals surface area contributed by atoms with E-state index in [0.717, 1.165) is 11.1 Å². The van der Waals surface area contributed by atoms with Gasteiger partial charge in [-0.2, -0.15) is 4.31 Å². The lowest BCUT2D eigenvalue weighted by Crippen LogP contribution is -2.31. The number of carbonyl (C=O) groups is 1. The Morgan fingerprint density at radius 1 is 1.07 bits per heavy atom. The molecule has 0 aliphatic heterocycles. The number of likely N-dealkylation sites (N-methyl/N-ethyl adjacent to an activating group) is 1. The smallest absolute Gasteiger partial charge is 0.243 e. The van der Waals surface area contributed by atoms with E-state index in [4.69, 9.17) is 23.2 Å². The summed E-state index contributed by atoms with van der Waals surface area (Å²) in [7, 11) is -1.80. The highest BCUT2D eigenvalue weighted by molar-refractivity contribution is 7.89. The van der Waals surface area contributed by atoms with Crippen LogP contribution in [0.5, 0.6) is 0 Å². The zero-order valence-corrected chi connectivity index (χ0v) is 19.9. The van der Waals surface area contributed by atoms with Gasteiger partial charge in [-0.05, 0) is 49.4 Å². The van der Waals surface area contributed by atoms with Crippen LogP contribution in [0.3, 0.4) is 0 Å². The summed E-state index contributed by atoms with van der Waals surface area (Å²) in [5, 5.41) is 3.92. The SMILES string of the molecule is CCN(CC)S(=O)(=O)c1ccc(C)c(NC(=O)CN(C)Cc2ccc(Cl)cc2Cl)c1. The molecular weight excluding hydrogens is 445 g/mol. The number of hydrogen-bond donors (Lipinski definition) is 1. The molecule has 0 fully saturated rings. The number of carbonyl (C=O) groups excluding carboxylic acids is 1. The van der Waals surface area contributed by atoms with Crippen molar-refractivity contribution in [1.29, 1.82) is 0 Å². The summed E-state index contributed by atoms with van der Waals surface area (Å²) in [4.78, 5) is 14.5. The molecule has 0 spiro atoms. The van der Waals surface area contributed by atoms with Crippen LogP contribution in [0.25, 0.3) is 0 Å². The van der Waals surface area contributed by atoms with Gasteiger partial charge in [0.25, 0.3) is 0 Å². The zero-order valence-electron chi connectivity index (χ0n) is 17.6. The molecular formula is C21H27Cl2N3O3S. The molecule has 0 aromatic heterocycles. The lowest BCUT2D eigenvalue weighted by atomic mass is 10.2. The second-order valence-corrected chi connectivity index (χ2v) is 9.80. The predicted molar refractivity (Wildman–Crippen MR) is 123 cm³/mol. The molecule has 0 bridgehead atoms. The third-order valence-corrected chi connectivity index (χ3v) is 7.33. The Hall–Kier alpha value is -1.64. The van der Waals surface area contributed by atoms with Crippen molar-refractivity contribution in [2.45, 2.75) is 32.2 Å². The van der Waals surface area contributed by atoms with E-state index in [1.165, 1.54) is 10.4 Å². The van der Waals surface area contributed by atoms with E-state index in [1.54, 1.807) is 45.2 Å². The van der Waals surface area contributed by atoms with Crippen molar-refractivity contribution in [3.8, 4) is 0 Å². The maximum Gasteiger partial charge on any atom is 0.243 e. The van der Waals surface area contributed by atoms with Gasteiger partial charge in [-0.15, -0.1) is 0 Å². The first kappa shape index (κ1) is 24.6. The summed E-state index contributed by atoms with van der Waals surface area (Å²) in [6, 6.07) is 10.0. The van der Waals surface area contributed by atoms with Crippen LogP contribution in [0.1, 0.15) is 25.0 Å². The van der Waals surface area contributed by atoms with Crippen molar-refractivity contribution in [3.05, 3.63) is 57.6 Å². The van der Waals surface area contributed by atoms with Gasteiger partial charge in [0.05, 0.1) is 11.4 Å². The normalized spacial score (nSPS) is 11.9. The second-order valence-electron chi connectivity index (χ2n) is 7.02. The molecule has 0 aliphatic rings. The van der Waals surface area contributed by atoms with Gasteiger partial charge in [0.1, 0.15) is 0 Å². The molecule has 30 heavy (non-hydrogen) atoms. The molecule has 164 valence electrons. The van der Waals surface area contributed by atoms with Crippen molar-refractivity contribution < 1.29 is 13.2 Å². The van der Waals surface area contributed by atoms with Crippen LogP contribution in [-0.4, -0.2) is 50.2 Å².